The lowest BCUT2D eigenvalue weighted by atomic mass is 10.0. The van der Waals surface area contributed by atoms with Gasteiger partial charge in [-0.05, 0) is 41.0 Å². The van der Waals surface area contributed by atoms with Crippen LogP contribution in [0.4, 0.5) is 23.2 Å². The van der Waals surface area contributed by atoms with Gasteiger partial charge in [-0.1, -0.05) is 48.5 Å². The fourth-order valence-corrected chi connectivity index (χ4v) is 2.48. The van der Waals surface area contributed by atoms with E-state index < -0.39 is 12.2 Å². The molecule has 0 saturated carbocycles. The average Bonchev–Trinajstić information content (AvgIpc) is 2.61. The van der Waals surface area contributed by atoms with Gasteiger partial charge in [0.15, 0.2) is 0 Å². The summed E-state index contributed by atoms with van der Waals surface area (Å²) in [5.74, 6) is -0.753. The van der Waals surface area contributed by atoms with Gasteiger partial charge in [-0.3, -0.25) is 0 Å². The van der Waals surface area contributed by atoms with Crippen LogP contribution in [0, 0.1) is 5.82 Å². The number of nitrogens with one attached hydrogen (secondary N) is 1. The summed E-state index contributed by atoms with van der Waals surface area (Å²) in [6.07, 6.45) is -4.74. The Morgan fingerprint density at radius 2 is 1.46 bits per heavy atom. The first-order valence-corrected chi connectivity index (χ1v) is 7.84. The number of ether oxygens (including phenoxy) is 1. The zero-order valence-electron chi connectivity index (χ0n) is 13.6. The van der Waals surface area contributed by atoms with Crippen LogP contribution in [0.2, 0.25) is 0 Å². The first-order chi connectivity index (χ1) is 12.4. The highest BCUT2D eigenvalue weighted by atomic mass is 19.4. The van der Waals surface area contributed by atoms with Gasteiger partial charge in [-0.2, -0.15) is 0 Å². The van der Waals surface area contributed by atoms with Gasteiger partial charge in [0.05, 0.1) is 5.69 Å². The third-order valence-corrected chi connectivity index (χ3v) is 3.72. The molecule has 0 aliphatic carbocycles. The Morgan fingerprint density at radius 3 is 2.08 bits per heavy atom. The molecule has 0 bridgehead atoms. The van der Waals surface area contributed by atoms with E-state index in [1.165, 1.54) is 30.3 Å². The van der Waals surface area contributed by atoms with Crippen molar-refractivity contribution >= 4 is 5.69 Å². The molecule has 0 radical (unpaired) electrons. The summed E-state index contributed by atoms with van der Waals surface area (Å²) in [5, 5.41) is 3.02. The molecule has 3 aromatic rings. The summed E-state index contributed by atoms with van der Waals surface area (Å²) >= 11 is 0. The Morgan fingerprint density at radius 1 is 0.808 bits per heavy atom. The fourth-order valence-electron chi connectivity index (χ4n) is 2.48. The van der Waals surface area contributed by atoms with Gasteiger partial charge in [-0.25, -0.2) is 4.39 Å². The number of hydrogen-bond donors (Lipinski definition) is 1. The Bertz CT molecular complexity index is 861. The molecule has 0 saturated heterocycles. The van der Waals surface area contributed by atoms with Crippen LogP contribution in [0.25, 0.3) is 11.1 Å². The van der Waals surface area contributed by atoms with Crippen molar-refractivity contribution in [1.82, 2.24) is 0 Å². The normalized spacial score (nSPS) is 11.2. The molecule has 0 atom stereocenters. The minimum atomic E-state index is -4.74. The van der Waals surface area contributed by atoms with Crippen molar-refractivity contribution in [3.63, 3.8) is 0 Å². The van der Waals surface area contributed by atoms with Crippen molar-refractivity contribution in [3.05, 3.63) is 84.2 Å². The second kappa shape index (κ2) is 7.47. The number of halogens is 4. The van der Waals surface area contributed by atoms with Crippen molar-refractivity contribution in [1.29, 1.82) is 0 Å². The monoisotopic (exact) mass is 361 g/mol. The fraction of sp³-hybridized carbons (Fsp3) is 0.100. The molecule has 0 aliphatic rings. The summed E-state index contributed by atoms with van der Waals surface area (Å²) < 4.78 is 54.7. The molecule has 0 aromatic heterocycles. The van der Waals surface area contributed by atoms with Crippen LogP contribution in [0.1, 0.15) is 5.56 Å². The number of benzene rings is 3. The number of alkyl halides is 3. The minimum absolute atomic E-state index is 0.317. The molecule has 134 valence electrons. The average molecular weight is 361 g/mol. The molecule has 0 unspecified atom stereocenters. The number of hydrogen-bond acceptors (Lipinski definition) is 2. The van der Waals surface area contributed by atoms with E-state index >= 15 is 0 Å². The minimum Gasteiger partial charge on any atom is -0.406 e. The highest BCUT2D eigenvalue weighted by Gasteiger charge is 2.30. The van der Waals surface area contributed by atoms with Gasteiger partial charge in [0.25, 0.3) is 0 Å². The third-order valence-electron chi connectivity index (χ3n) is 3.72. The van der Waals surface area contributed by atoms with Crippen LogP contribution in [-0.4, -0.2) is 6.36 Å². The summed E-state index contributed by atoms with van der Waals surface area (Å²) in [6, 6.07) is 19.5. The molecular formula is C20H15F4NO. The zero-order valence-corrected chi connectivity index (χ0v) is 13.6. The topological polar surface area (TPSA) is 21.3 Å². The lowest BCUT2D eigenvalue weighted by Crippen LogP contribution is -2.16. The first-order valence-electron chi connectivity index (χ1n) is 7.84. The Hall–Kier alpha value is -3.02. The molecule has 0 amide bonds. The summed E-state index contributed by atoms with van der Waals surface area (Å²) in [7, 11) is 0. The van der Waals surface area contributed by atoms with Crippen LogP contribution >= 0.6 is 0 Å². The highest BCUT2D eigenvalue weighted by Crippen LogP contribution is 2.28. The largest absolute Gasteiger partial charge is 0.573 e. The second-order valence-corrected chi connectivity index (χ2v) is 5.61. The van der Waals surface area contributed by atoms with E-state index in [2.05, 4.69) is 10.1 Å². The Labute approximate surface area is 148 Å². The van der Waals surface area contributed by atoms with Gasteiger partial charge in [0.1, 0.15) is 11.6 Å². The summed E-state index contributed by atoms with van der Waals surface area (Å²) in [5.41, 5.74) is 2.53. The van der Waals surface area contributed by atoms with Crippen LogP contribution in [-0.2, 0) is 6.54 Å². The summed E-state index contributed by atoms with van der Waals surface area (Å²) in [6.45, 7) is 0.487. The lowest BCUT2D eigenvalue weighted by Gasteiger charge is -2.11. The quantitative estimate of drug-likeness (QED) is 0.563. The standard InChI is InChI=1S/C20H15F4NO/c21-18-12-16(15-6-9-17(10-7-15)26-20(22,23)24)8-11-19(18)25-13-14-4-2-1-3-5-14/h1-12,25H,13H2. The van der Waals surface area contributed by atoms with E-state index in [4.69, 9.17) is 0 Å². The van der Waals surface area contributed by atoms with Crippen molar-refractivity contribution in [2.24, 2.45) is 0 Å². The Kier molecular flexibility index (Phi) is 5.11. The van der Waals surface area contributed by atoms with Crippen molar-refractivity contribution in [2.45, 2.75) is 12.9 Å². The molecule has 0 heterocycles. The molecule has 3 aromatic carbocycles. The van der Waals surface area contributed by atoms with Crippen LogP contribution < -0.4 is 10.1 Å². The summed E-state index contributed by atoms with van der Waals surface area (Å²) in [4.78, 5) is 0. The third kappa shape index (κ3) is 4.75. The highest BCUT2D eigenvalue weighted by molar-refractivity contribution is 5.67. The van der Waals surface area contributed by atoms with Crippen LogP contribution in [0.3, 0.4) is 0 Å². The van der Waals surface area contributed by atoms with Gasteiger partial charge in [0, 0.05) is 6.54 Å². The van der Waals surface area contributed by atoms with E-state index in [9.17, 15) is 17.6 Å². The molecule has 26 heavy (non-hydrogen) atoms. The molecular weight excluding hydrogens is 346 g/mol. The van der Waals surface area contributed by atoms with Crippen molar-refractivity contribution < 1.29 is 22.3 Å². The lowest BCUT2D eigenvalue weighted by molar-refractivity contribution is -0.274. The van der Waals surface area contributed by atoms with Gasteiger partial charge in [0.2, 0.25) is 0 Å². The smallest absolute Gasteiger partial charge is 0.406 e. The maximum absolute atomic E-state index is 14.3. The molecule has 1 N–H and O–H groups in total. The molecule has 0 fully saturated rings. The van der Waals surface area contributed by atoms with Crippen molar-refractivity contribution in [3.8, 4) is 16.9 Å². The maximum Gasteiger partial charge on any atom is 0.573 e. The molecule has 0 aliphatic heterocycles. The number of anilines is 1. The molecule has 3 rings (SSSR count). The van der Waals surface area contributed by atoms with Gasteiger partial charge in [-0.15, -0.1) is 13.2 Å². The van der Waals surface area contributed by atoms with Crippen LogP contribution in [0.5, 0.6) is 5.75 Å². The van der Waals surface area contributed by atoms with E-state index in [-0.39, 0.29) is 5.75 Å². The first kappa shape index (κ1) is 17.8. The molecule has 6 heteroatoms. The van der Waals surface area contributed by atoms with Gasteiger partial charge >= 0.3 is 6.36 Å². The van der Waals surface area contributed by atoms with E-state index in [0.29, 0.717) is 23.4 Å². The van der Waals surface area contributed by atoms with Gasteiger partial charge < -0.3 is 10.1 Å². The SMILES string of the molecule is Fc1cc(-c2ccc(OC(F)(F)F)cc2)ccc1NCc1ccccc1. The second-order valence-electron chi connectivity index (χ2n) is 5.61. The van der Waals surface area contributed by atoms with Crippen molar-refractivity contribution in [2.75, 3.05) is 5.32 Å². The van der Waals surface area contributed by atoms with E-state index in [1.54, 1.807) is 12.1 Å². The van der Waals surface area contributed by atoms with E-state index in [0.717, 1.165) is 5.56 Å². The Balaban J connectivity index is 1.70. The van der Waals surface area contributed by atoms with E-state index in [1.807, 2.05) is 30.3 Å². The predicted molar refractivity (Wildman–Crippen MR) is 92.3 cm³/mol. The molecule has 0 spiro atoms. The number of rotatable bonds is 5. The predicted octanol–water partition coefficient (Wildman–Crippen LogP) is 6.00. The van der Waals surface area contributed by atoms with Crippen LogP contribution in [0.15, 0.2) is 72.8 Å². The zero-order chi connectivity index (χ0) is 18.6. The molecule has 2 nitrogen and oxygen atoms in total. The maximum atomic E-state index is 14.3.